The van der Waals surface area contributed by atoms with Crippen LogP contribution in [0.5, 0.6) is 5.75 Å². The highest BCUT2D eigenvalue weighted by Gasteiger charge is 2.49. The average molecular weight is 301 g/mol. The summed E-state index contributed by atoms with van der Waals surface area (Å²) in [7, 11) is 1.98. The van der Waals surface area contributed by atoms with Gasteiger partial charge in [-0.05, 0) is 48.9 Å². The molecule has 1 fully saturated rings. The van der Waals surface area contributed by atoms with Crippen molar-refractivity contribution in [2.75, 3.05) is 13.7 Å². The van der Waals surface area contributed by atoms with Crippen molar-refractivity contribution in [2.45, 2.75) is 44.8 Å². The lowest BCUT2D eigenvalue weighted by Gasteiger charge is -2.54. The third-order valence-corrected chi connectivity index (χ3v) is 4.86. The van der Waals surface area contributed by atoms with Crippen LogP contribution in [0.4, 0.5) is 13.2 Å². The van der Waals surface area contributed by atoms with Gasteiger partial charge in [0.25, 0.3) is 0 Å². The van der Waals surface area contributed by atoms with Gasteiger partial charge < -0.3 is 10.1 Å². The minimum Gasteiger partial charge on any atom is -0.484 e. The van der Waals surface area contributed by atoms with Crippen LogP contribution in [0.15, 0.2) is 24.3 Å². The molecule has 2 nitrogen and oxygen atoms in total. The summed E-state index contributed by atoms with van der Waals surface area (Å²) in [6, 6.07) is 7.52. The predicted molar refractivity (Wildman–Crippen MR) is 76.6 cm³/mol. The van der Waals surface area contributed by atoms with Crippen molar-refractivity contribution in [1.29, 1.82) is 0 Å². The lowest BCUT2D eigenvalue weighted by molar-refractivity contribution is -0.153. The first-order chi connectivity index (χ1) is 9.80. The quantitative estimate of drug-likeness (QED) is 0.883. The Hall–Kier alpha value is -1.23. The van der Waals surface area contributed by atoms with Gasteiger partial charge in [0.15, 0.2) is 6.61 Å². The van der Waals surface area contributed by atoms with Gasteiger partial charge in [-0.25, -0.2) is 0 Å². The highest BCUT2D eigenvalue weighted by Crippen LogP contribution is 2.54. The molecule has 21 heavy (non-hydrogen) atoms. The number of nitrogens with one attached hydrogen (secondary N) is 1. The molecule has 0 bridgehead atoms. The maximum Gasteiger partial charge on any atom is 0.422 e. The van der Waals surface area contributed by atoms with Crippen LogP contribution in [0.2, 0.25) is 0 Å². The van der Waals surface area contributed by atoms with Crippen molar-refractivity contribution in [1.82, 2.24) is 5.32 Å². The Balaban J connectivity index is 2.03. The van der Waals surface area contributed by atoms with Crippen molar-refractivity contribution < 1.29 is 17.9 Å². The number of rotatable bonds is 5. The molecular weight excluding hydrogens is 279 g/mol. The molecule has 118 valence electrons. The van der Waals surface area contributed by atoms with Gasteiger partial charge in [-0.1, -0.05) is 26.0 Å². The summed E-state index contributed by atoms with van der Waals surface area (Å²) in [6.45, 7) is 3.19. The van der Waals surface area contributed by atoms with E-state index in [4.69, 9.17) is 4.74 Å². The molecule has 1 aliphatic carbocycles. The van der Waals surface area contributed by atoms with Crippen molar-refractivity contribution in [3.63, 3.8) is 0 Å². The summed E-state index contributed by atoms with van der Waals surface area (Å²) in [6.07, 6.45) is -2.17. The smallest absolute Gasteiger partial charge is 0.422 e. The predicted octanol–water partition coefficient (Wildman–Crippen LogP) is 4.12. The van der Waals surface area contributed by atoms with E-state index >= 15 is 0 Å². The molecule has 1 saturated carbocycles. The third-order valence-electron chi connectivity index (χ3n) is 4.86. The first-order valence-electron chi connectivity index (χ1n) is 7.27. The van der Waals surface area contributed by atoms with E-state index in [0.717, 1.165) is 12.8 Å². The van der Waals surface area contributed by atoms with Crippen LogP contribution < -0.4 is 10.1 Å². The van der Waals surface area contributed by atoms with E-state index in [9.17, 15) is 13.2 Å². The zero-order valence-corrected chi connectivity index (χ0v) is 12.6. The van der Waals surface area contributed by atoms with E-state index in [1.807, 2.05) is 19.2 Å². The molecule has 2 rings (SSSR count). The number of hydrogen-bond donors (Lipinski definition) is 1. The Morgan fingerprint density at radius 3 is 2.38 bits per heavy atom. The molecule has 1 N–H and O–H groups in total. The Kier molecular flexibility index (Phi) is 4.51. The van der Waals surface area contributed by atoms with Crippen molar-refractivity contribution in [3.8, 4) is 5.75 Å². The molecule has 1 aromatic rings. The Morgan fingerprint density at radius 2 is 1.90 bits per heavy atom. The van der Waals surface area contributed by atoms with E-state index in [0.29, 0.717) is 12.0 Å². The normalized spacial score (nSPS) is 29.0. The van der Waals surface area contributed by atoms with Gasteiger partial charge in [0.1, 0.15) is 5.75 Å². The maximum absolute atomic E-state index is 12.1. The highest BCUT2D eigenvalue weighted by atomic mass is 19.4. The zero-order chi connectivity index (χ0) is 15.7. The van der Waals surface area contributed by atoms with E-state index < -0.39 is 12.8 Å². The Labute approximate surface area is 123 Å². The van der Waals surface area contributed by atoms with Crippen molar-refractivity contribution in [3.05, 3.63) is 29.8 Å². The average Bonchev–Trinajstić information content (AvgIpc) is 2.44. The second-order valence-corrected chi connectivity index (χ2v) is 5.96. The van der Waals surface area contributed by atoms with Gasteiger partial charge >= 0.3 is 6.18 Å². The number of hydrogen-bond acceptors (Lipinski definition) is 2. The van der Waals surface area contributed by atoms with Crippen LogP contribution in [0, 0.1) is 5.41 Å². The molecule has 1 aromatic carbocycles. The summed E-state index contributed by atoms with van der Waals surface area (Å²) < 4.78 is 41.1. The lowest BCUT2D eigenvalue weighted by Crippen LogP contribution is -2.55. The van der Waals surface area contributed by atoms with Crippen molar-refractivity contribution in [2.24, 2.45) is 5.41 Å². The Bertz CT molecular complexity index is 471. The summed E-state index contributed by atoms with van der Waals surface area (Å²) in [5.41, 5.74) is 1.37. The molecule has 0 spiro atoms. The fourth-order valence-corrected chi connectivity index (χ4v) is 3.28. The second-order valence-electron chi connectivity index (χ2n) is 5.96. The van der Waals surface area contributed by atoms with Crippen molar-refractivity contribution >= 4 is 0 Å². The first-order valence-corrected chi connectivity index (χ1v) is 7.27. The van der Waals surface area contributed by atoms with E-state index in [1.54, 1.807) is 12.1 Å². The summed E-state index contributed by atoms with van der Waals surface area (Å²) >= 11 is 0. The zero-order valence-electron chi connectivity index (χ0n) is 12.6. The molecule has 0 aliphatic heterocycles. The molecule has 5 heteroatoms. The number of ether oxygens (including phenoxy) is 1. The molecule has 3 unspecified atom stereocenters. The number of benzene rings is 1. The van der Waals surface area contributed by atoms with Gasteiger partial charge in [-0.15, -0.1) is 0 Å². The summed E-state index contributed by atoms with van der Waals surface area (Å²) in [5.74, 6) is 0.704. The first kappa shape index (κ1) is 16.1. The fraction of sp³-hybridized carbons (Fsp3) is 0.625. The fourth-order valence-electron chi connectivity index (χ4n) is 3.28. The van der Waals surface area contributed by atoms with Crippen LogP contribution >= 0.6 is 0 Å². The summed E-state index contributed by atoms with van der Waals surface area (Å²) in [5, 5.41) is 3.34. The van der Waals surface area contributed by atoms with E-state index in [-0.39, 0.29) is 11.2 Å². The molecule has 1 aliphatic rings. The molecule has 0 heterocycles. The van der Waals surface area contributed by atoms with Crippen LogP contribution in [0.1, 0.15) is 38.2 Å². The van der Waals surface area contributed by atoms with Gasteiger partial charge in [0.2, 0.25) is 0 Å². The SMILES string of the molecule is CCC1(C)C(NC)CC1c1ccc(OCC(F)(F)F)cc1. The summed E-state index contributed by atoms with van der Waals surface area (Å²) in [4.78, 5) is 0. The highest BCUT2D eigenvalue weighted by molar-refractivity contribution is 5.33. The molecule has 0 aromatic heterocycles. The minimum absolute atomic E-state index is 0.198. The van der Waals surface area contributed by atoms with E-state index in [2.05, 4.69) is 19.2 Å². The molecule has 0 amide bonds. The standard InChI is InChI=1S/C16H22F3NO/c1-4-15(2)13(9-14(15)20-3)11-5-7-12(8-6-11)21-10-16(17,18)19/h5-8,13-14,20H,4,9-10H2,1-3H3. The Morgan fingerprint density at radius 1 is 1.29 bits per heavy atom. The van der Waals surface area contributed by atoms with Gasteiger partial charge in [0.05, 0.1) is 0 Å². The van der Waals surface area contributed by atoms with Gasteiger partial charge in [0, 0.05) is 6.04 Å². The number of alkyl halides is 3. The van der Waals surface area contributed by atoms with Crippen LogP contribution in [-0.4, -0.2) is 25.9 Å². The topological polar surface area (TPSA) is 21.3 Å². The minimum atomic E-state index is -4.30. The maximum atomic E-state index is 12.1. The number of halogens is 3. The second kappa shape index (κ2) is 5.87. The molecular formula is C16H22F3NO. The lowest BCUT2D eigenvalue weighted by atomic mass is 9.54. The van der Waals surface area contributed by atoms with Gasteiger partial charge in [-0.2, -0.15) is 13.2 Å². The largest absolute Gasteiger partial charge is 0.484 e. The molecule has 3 atom stereocenters. The third kappa shape index (κ3) is 3.34. The molecule has 0 saturated heterocycles. The van der Waals surface area contributed by atoms with Crippen LogP contribution in [-0.2, 0) is 0 Å². The monoisotopic (exact) mass is 301 g/mol. The van der Waals surface area contributed by atoms with E-state index in [1.165, 1.54) is 5.56 Å². The van der Waals surface area contributed by atoms with Crippen LogP contribution in [0.3, 0.4) is 0 Å². The van der Waals surface area contributed by atoms with Crippen LogP contribution in [0.25, 0.3) is 0 Å². The molecule has 0 radical (unpaired) electrons. The van der Waals surface area contributed by atoms with Gasteiger partial charge in [-0.3, -0.25) is 0 Å².